The molecule has 10 aromatic rings. The van der Waals surface area contributed by atoms with Crippen LogP contribution in [0.4, 0.5) is 0 Å². The Kier molecular flexibility index (Phi) is 10.1. The molecule has 4 heterocycles. The van der Waals surface area contributed by atoms with Crippen LogP contribution in [0, 0.1) is 23.7 Å². The smallest absolute Gasteiger partial charge is 0.149 e. The van der Waals surface area contributed by atoms with E-state index in [9.17, 15) is 0 Å². The molecule has 0 bridgehead atoms. The van der Waals surface area contributed by atoms with Gasteiger partial charge in [0.25, 0.3) is 0 Å². The third-order valence-electron chi connectivity index (χ3n) is 13.5. The van der Waals surface area contributed by atoms with Crippen molar-refractivity contribution in [2.24, 2.45) is 0 Å². The van der Waals surface area contributed by atoms with Gasteiger partial charge in [0.15, 0.2) is 0 Å². The molecule has 0 saturated heterocycles. The van der Waals surface area contributed by atoms with Crippen molar-refractivity contribution in [2.45, 2.75) is 31.1 Å². The Morgan fingerprint density at radius 1 is 0.448 bits per heavy atom. The van der Waals surface area contributed by atoms with Crippen molar-refractivity contribution >= 4 is 44.2 Å². The minimum absolute atomic E-state index is 0.371. The van der Waals surface area contributed by atoms with Crippen LogP contribution in [0.5, 0.6) is 11.5 Å². The van der Waals surface area contributed by atoms with Crippen molar-refractivity contribution < 1.29 is 9.47 Å². The van der Waals surface area contributed by atoms with Gasteiger partial charge in [-0.15, -0.1) is 34.5 Å². The lowest BCUT2D eigenvalue weighted by Crippen LogP contribution is -2.27. The van der Waals surface area contributed by atoms with Crippen LogP contribution in [0.25, 0.3) is 44.1 Å². The van der Waals surface area contributed by atoms with Gasteiger partial charge < -0.3 is 9.47 Å². The number of rotatable bonds is 10. The summed E-state index contributed by atoms with van der Waals surface area (Å²) >= 11 is 3.81. The molecule has 12 rings (SSSR count). The van der Waals surface area contributed by atoms with Gasteiger partial charge in [0.05, 0.1) is 22.2 Å². The first-order valence-electron chi connectivity index (χ1n) is 22.5. The van der Waals surface area contributed by atoms with Crippen LogP contribution >= 0.6 is 22.7 Å². The summed E-state index contributed by atoms with van der Waals surface area (Å²) in [6.45, 7) is 4.40. The summed E-state index contributed by atoms with van der Waals surface area (Å²) in [5.41, 5.74) is 10.7. The highest BCUT2D eigenvalue weighted by atomic mass is 32.1. The Hall–Kier alpha value is -7.74. The van der Waals surface area contributed by atoms with E-state index in [1.807, 2.05) is 61.0 Å². The highest BCUT2D eigenvalue weighted by Crippen LogP contribution is 2.59. The van der Waals surface area contributed by atoms with Crippen LogP contribution in [-0.2, 0) is 17.3 Å². The Balaban J connectivity index is 0.957. The van der Waals surface area contributed by atoms with Crippen molar-refractivity contribution in [1.29, 1.82) is 0 Å². The van der Waals surface area contributed by atoms with Crippen molar-refractivity contribution in [3.63, 3.8) is 0 Å². The molecule has 0 fully saturated rings. The Bertz CT molecular complexity index is 3370. The molecular weight excluding hydrogens is 857 g/mol. The molecule has 0 aliphatic heterocycles. The van der Waals surface area contributed by atoms with Gasteiger partial charge in [0.2, 0.25) is 0 Å². The summed E-state index contributed by atoms with van der Waals surface area (Å²) in [5.74, 6) is 13.5. The van der Waals surface area contributed by atoms with E-state index in [2.05, 4.69) is 181 Å². The number of thiophene rings is 2. The van der Waals surface area contributed by atoms with Gasteiger partial charge in [-0.25, -0.2) is 0 Å². The molecule has 6 aromatic carbocycles. The Morgan fingerprint density at radius 2 is 0.881 bits per heavy atom. The lowest BCUT2D eigenvalue weighted by molar-refractivity contribution is 0.370. The fraction of sp³-hybridized carbons (Fsp3) is 0.115. The summed E-state index contributed by atoms with van der Waals surface area (Å²) < 4.78 is 11.9. The van der Waals surface area contributed by atoms with Crippen LogP contribution in [0.3, 0.4) is 0 Å². The van der Waals surface area contributed by atoms with Crippen LogP contribution < -0.4 is 9.47 Å². The molecule has 4 aromatic heterocycles. The maximum Gasteiger partial charge on any atom is 0.149 e. The van der Waals surface area contributed by atoms with Crippen molar-refractivity contribution in [2.75, 3.05) is 13.2 Å². The topological polar surface area (TPSA) is 44.2 Å². The number of nitrogens with zero attached hydrogens (tertiary/aromatic N) is 2. The van der Waals surface area contributed by atoms with Gasteiger partial charge in [-0.2, -0.15) is 0 Å². The van der Waals surface area contributed by atoms with Gasteiger partial charge in [0.1, 0.15) is 24.7 Å². The van der Waals surface area contributed by atoms with Gasteiger partial charge in [-0.1, -0.05) is 109 Å². The van der Waals surface area contributed by atoms with Crippen molar-refractivity contribution in [3.8, 4) is 57.7 Å². The van der Waals surface area contributed by atoms with E-state index in [0.29, 0.717) is 13.2 Å². The molecule has 2 unspecified atom stereocenters. The van der Waals surface area contributed by atoms with E-state index in [-0.39, 0.29) is 0 Å². The molecular formula is C61H42N2O2S2. The highest BCUT2D eigenvalue weighted by molar-refractivity contribution is 7.13. The summed E-state index contributed by atoms with van der Waals surface area (Å²) in [6, 6.07) is 62.2. The van der Waals surface area contributed by atoms with Crippen LogP contribution in [0.15, 0.2) is 182 Å². The van der Waals surface area contributed by atoms with Gasteiger partial charge in [-0.3, -0.25) is 9.97 Å². The standard InChI is InChI=1S/C61H42N2O2S2/c1-3-5-33-64-46-25-21-40-35-44(23-19-42(40)37-46)60(52-15-9-7-13-50(52)58-54(60)17-11-31-62-58)56-29-27-48(66-56)39-49-28-30-57(67-49)61(53-16-10-8-14-51(53)59-55(61)18-12-32-63-59)45-24-20-43-38-47(65-34-6-4-2)26-22-41(43)36-45/h7-32,35-38H,33-34,39H2,1-2H3. The van der Waals surface area contributed by atoms with Crippen molar-refractivity contribution in [1.82, 2.24) is 9.97 Å². The predicted molar refractivity (Wildman–Crippen MR) is 275 cm³/mol. The molecule has 6 heteroatoms. The van der Waals surface area contributed by atoms with Crippen LogP contribution in [0.1, 0.15) is 66.7 Å². The molecule has 67 heavy (non-hydrogen) atoms. The van der Waals surface area contributed by atoms with Gasteiger partial charge in [-0.05, 0) is 142 Å². The monoisotopic (exact) mass is 898 g/mol. The SMILES string of the molecule is CC#CCOc1ccc2cc(C3(c4ccc(Cc5ccc(C6(c7ccc8cc(OCC#CC)ccc8c7)c7ccccc7-c7ncccc76)s5)s4)c4ccccc4-c4ncccc43)ccc2c1. The second kappa shape index (κ2) is 16.6. The minimum Gasteiger partial charge on any atom is -0.481 e. The average Bonchev–Trinajstić information content (AvgIpc) is 4.17. The fourth-order valence-electron chi connectivity index (χ4n) is 10.6. The summed E-state index contributed by atoms with van der Waals surface area (Å²) in [4.78, 5) is 15.2. The molecule has 320 valence electrons. The first-order chi connectivity index (χ1) is 33.1. The zero-order valence-corrected chi connectivity index (χ0v) is 38.6. The summed E-state index contributed by atoms with van der Waals surface area (Å²) in [6.07, 6.45) is 4.66. The average molecular weight is 899 g/mol. The van der Waals surface area contributed by atoms with Gasteiger partial charge in [0, 0.05) is 49.5 Å². The number of ether oxygens (including phenoxy) is 2. The third-order valence-corrected chi connectivity index (χ3v) is 15.9. The van der Waals surface area contributed by atoms with E-state index in [4.69, 9.17) is 19.4 Å². The largest absolute Gasteiger partial charge is 0.481 e. The molecule has 2 aliphatic rings. The molecule has 0 saturated carbocycles. The highest BCUT2D eigenvalue weighted by Gasteiger charge is 2.49. The zero-order valence-electron chi connectivity index (χ0n) is 37.0. The number of hydrogen-bond acceptors (Lipinski definition) is 6. The first-order valence-corrected chi connectivity index (χ1v) is 24.2. The quantitative estimate of drug-likeness (QED) is 0.128. The molecule has 0 amide bonds. The van der Waals surface area contributed by atoms with E-state index in [0.717, 1.165) is 50.9 Å². The molecule has 2 atom stereocenters. The Labute approximate surface area is 398 Å². The lowest BCUT2D eigenvalue weighted by atomic mass is 9.71. The van der Waals surface area contributed by atoms with Crippen molar-refractivity contribution in [3.05, 3.63) is 235 Å². The van der Waals surface area contributed by atoms with E-state index in [1.165, 1.54) is 64.0 Å². The van der Waals surface area contributed by atoms with E-state index >= 15 is 0 Å². The predicted octanol–water partition coefficient (Wildman–Crippen LogP) is 14.0. The number of fused-ring (bicyclic) bond motifs is 8. The second-order valence-corrected chi connectivity index (χ2v) is 19.3. The maximum absolute atomic E-state index is 5.95. The number of benzene rings is 6. The fourth-order valence-corrected chi connectivity index (χ4v) is 13.2. The molecule has 0 spiro atoms. The third kappa shape index (κ3) is 6.51. The second-order valence-electron chi connectivity index (χ2n) is 17.0. The lowest BCUT2D eigenvalue weighted by Gasteiger charge is -2.32. The number of aromatic nitrogens is 2. The van der Waals surface area contributed by atoms with Gasteiger partial charge >= 0.3 is 0 Å². The minimum atomic E-state index is -0.551. The van der Waals surface area contributed by atoms with E-state index < -0.39 is 10.8 Å². The molecule has 2 aliphatic carbocycles. The van der Waals surface area contributed by atoms with E-state index in [1.54, 1.807) is 0 Å². The Morgan fingerprint density at radius 3 is 1.36 bits per heavy atom. The zero-order chi connectivity index (χ0) is 45.0. The molecule has 0 N–H and O–H groups in total. The molecule has 0 radical (unpaired) electrons. The number of pyridine rings is 2. The van der Waals surface area contributed by atoms with Crippen LogP contribution in [0.2, 0.25) is 0 Å². The summed E-state index contributed by atoms with van der Waals surface area (Å²) in [7, 11) is 0. The summed E-state index contributed by atoms with van der Waals surface area (Å²) in [5, 5.41) is 4.57. The molecule has 4 nitrogen and oxygen atoms in total. The number of hydrogen-bond donors (Lipinski definition) is 0. The normalized spacial score (nSPS) is 16.3. The van der Waals surface area contributed by atoms with Crippen LogP contribution in [-0.4, -0.2) is 23.2 Å². The maximum atomic E-state index is 5.95. The first kappa shape index (κ1) is 40.7.